The Bertz CT molecular complexity index is 1300. The van der Waals surface area contributed by atoms with Crippen LogP contribution in [0.5, 0.6) is 0 Å². The third-order valence-corrected chi connectivity index (χ3v) is 5.32. The molecule has 4 aromatic rings. The zero-order valence-corrected chi connectivity index (χ0v) is 17.7. The van der Waals surface area contributed by atoms with Gasteiger partial charge < -0.3 is 5.32 Å². The Labute approximate surface area is 180 Å². The number of benzene rings is 3. The molecule has 0 fully saturated rings. The molecule has 0 unspecified atom stereocenters. The smallest absolute Gasteiger partial charge is 0.265 e. The van der Waals surface area contributed by atoms with E-state index >= 15 is 0 Å². The highest BCUT2D eigenvalue weighted by Gasteiger charge is 2.12. The second-order valence-corrected chi connectivity index (χ2v) is 7.76. The number of rotatable bonds is 3. The van der Waals surface area contributed by atoms with E-state index in [4.69, 9.17) is 11.6 Å². The molecular weight excluding hydrogens is 454 g/mol. The van der Waals surface area contributed by atoms with Crippen LogP contribution >= 0.6 is 27.5 Å². The van der Waals surface area contributed by atoms with Crippen molar-refractivity contribution < 1.29 is 4.79 Å². The van der Waals surface area contributed by atoms with Gasteiger partial charge in [-0.25, -0.2) is 4.98 Å². The fourth-order valence-corrected chi connectivity index (χ4v) is 3.82. The number of hydrogen-bond donors (Lipinski definition) is 1. The molecule has 1 aromatic heterocycles. The van der Waals surface area contributed by atoms with Crippen LogP contribution < -0.4 is 10.9 Å². The first-order valence-electron chi connectivity index (χ1n) is 8.79. The van der Waals surface area contributed by atoms with Crippen molar-refractivity contribution >= 4 is 50.0 Å². The van der Waals surface area contributed by atoms with E-state index in [1.165, 1.54) is 4.57 Å². The minimum Gasteiger partial charge on any atom is -0.321 e. The minimum atomic E-state index is -0.290. The zero-order valence-electron chi connectivity index (χ0n) is 15.3. The summed E-state index contributed by atoms with van der Waals surface area (Å²) in [5.74, 6) is 0.286. The fourth-order valence-electron chi connectivity index (χ4n) is 3.10. The first-order chi connectivity index (χ1) is 13.9. The lowest BCUT2D eigenvalue weighted by molar-refractivity contribution is 0.102. The van der Waals surface area contributed by atoms with Crippen LogP contribution in [0, 0.1) is 6.92 Å². The molecular formula is C22H15BrClN3O2. The Hall–Kier alpha value is -2.96. The summed E-state index contributed by atoms with van der Waals surface area (Å²) in [5.41, 5.74) is 2.13. The van der Waals surface area contributed by atoms with E-state index in [0.717, 1.165) is 4.47 Å². The first kappa shape index (κ1) is 19.4. The second kappa shape index (κ2) is 7.81. The summed E-state index contributed by atoms with van der Waals surface area (Å²) >= 11 is 9.49. The molecule has 0 atom stereocenters. The average molecular weight is 469 g/mol. The van der Waals surface area contributed by atoms with Gasteiger partial charge in [-0.05, 0) is 61.5 Å². The van der Waals surface area contributed by atoms with Gasteiger partial charge in [0.25, 0.3) is 11.5 Å². The SMILES string of the molecule is Cc1nc2ccccc2c(=O)n1-c1ccc(C(=O)Nc2ccc(Br)cc2Cl)cc1. The lowest BCUT2D eigenvalue weighted by Crippen LogP contribution is -2.22. The van der Waals surface area contributed by atoms with Gasteiger partial charge in [0.15, 0.2) is 0 Å². The van der Waals surface area contributed by atoms with E-state index in [9.17, 15) is 9.59 Å². The van der Waals surface area contributed by atoms with Crippen molar-refractivity contribution in [3.63, 3.8) is 0 Å². The van der Waals surface area contributed by atoms with Gasteiger partial charge in [-0.2, -0.15) is 0 Å². The highest BCUT2D eigenvalue weighted by molar-refractivity contribution is 9.10. The van der Waals surface area contributed by atoms with Crippen LogP contribution in [0.3, 0.4) is 0 Å². The predicted molar refractivity (Wildman–Crippen MR) is 119 cm³/mol. The lowest BCUT2D eigenvalue weighted by atomic mass is 10.1. The van der Waals surface area contributed by atoms with Crippen LogP contribution in [0.15, 0.2) is 76.0 Å². The molecule has 0 bridgehead atoms. The molecule has 7 heteroatoms. The maximum atomic E-state index is 12.9. The summed E-state index contributed by atoms with van der Waals surface area (Å²) < 4.78 is 2.37. The van der Waals surface area contributed by atoms with Crippen LogP contribution in [-0.4, -0.2) is 15.5 Å². The number of aryl methyl sites for hydroxylation is 1. The number of carbonyl (C=O) groups is 1. The molecule has 3 aromatic carbocycles. The number of para-hydroxylation sites is 1. The van der Waals surface area contributed by atoms with Crippen molar-refractivity contribution in [3.8, 4) is 5.69 Å². The molecule has 5 nitrogen and oxygen atoms in total. The number of halogens is 2. The van der Waals surface area contributed by atoms with Gasteiger partial charge >= 0.3 is 0 Å². The molecule has 29 heavy (non-hydrogen) atoms. The van der Waals surface area contributed by atoms with Crippen molar-refractivity contribution in [2.24, 2.45) is 0 Å². The highest BCUT2D eigenvalue weighted by Crippen LogP contribution is 2.26. The maximum absolute atomic E-state index is 12.9. The molecule has 1 N–H and O–H groups in total. The third-order valence-electron chi connectivity index (χ3n) is 4.51. The number of hydrogen-bond acceptors (Lipinski definition) is 3. The summed E-state index contributed by atoms with van der Waals surface area (Å²) in [7, 11) is 0. The van der Waals surface area contributed by atoms with E-state index < -0.39 is 0 Å². The number of nitrogens with zero attached hydrogens (tertiary/aromatic N) is 2. The summed E-state index contributed by atoms with van der Waals surface area (Å²) in [6.45, 7) is 1.78. The monoisotopic (exact) mass is 467 g/mol. The van der Waals surface area contributed by atoms with E-state index in [2.05, 4.69) is 26.2 Å². The molecule has 0 aliphatic rings. The van der Waals surface area contributed by atoms with Gasteiger partial charge in [-0.1, -0.05) is 39.7 Å². The number of nitrogens with one attached hydrogen (secondary N) is 1. The van der Waals surface area contributed by atoms with E-state index in [1.807, 2.05) is 18.2 Å². The Balaban J connectivity index is 1.65. The van der Waals surface area contributed by atoms with Crippen molar-refractivity contribution in [2.45, 2.75) is 6.92 Å². The van der Waals surface area contributed by atoms with Crippen LogP contribution in [0.2, 0.25) is 5.02 Å². The maximum Gasteiger partial charge on any atom is 0.265 e. The molecule has 1 heterocycles. The third kappa shape index (κ3) is 3.81. The molecule has 0 spiro atoms. The molecule has 1 amide bonds. The van der Waals surface area contributed by atoms with Crippen LogP contribution in [0.25, 0.3) is 16.6 Å². The molecule has 144 valence electrons. The van der Waals surface area contributed by atoms with Crippen molar-refractivity contribution in [2.75, 3.05) is 5.32 Å². The van der Waals surface area contributed by atoms with E-state index in [0.29, 0.717) is 38.7 Å². The van der Waals surface area contributed by atoms with Crippen LogP contribution in [-0.2, 0) is 0 Å². The average Bonchev–Trinajstić information content (AvgIpc) is 2.70. The first-order valence-corrected chi connectivity index (χ1v) is 9.96. The summed E-state index contributed by atoms with van der Waals surface area (Å²) in [5, 5.41) is 3.77. The number of amides is 1. The Morgan fingerprint density at radius 2 is 1.79 bits per heavy atom. The van der Waals surface area contributed by atoms with E-state index in [1.54, 1.807) is 55.5 Å². The number of carbonyl (C=O) groups excluding carboxylic acids is 1. The number of fused-ring (bicyclic) bond motifs is 1. The fraction of sp³-hybridized carbons (Fsp3) is 0.0455. The topological polar surface area (TPSA) is 64.0 Å². The zero-order chi connectivity index (χ0) is 20.5. The Morgan fingerprint density at radius 3 is 2.52 bits per heavy atom. The minimum absolute atomic E-state index is 0.146. The van der Waals surface area contributed by atoms with Gasteiger partial charge in [0, 0.05) is 10.0 Å². The molecule has 0 saturated heterocycles. The molecule has 0 aliphatic carbocycles. The van der Waals surface area contributed by atoms with Gasteiger partial charge in [0.05, 0.1) is 27.3 Å². The van der Waals surface area contributed by atoms with Crippen LogP contribution in [0.1, 0.15) is 16.2 Å². The quantitative estimate of drug-likeness (QED) is 0.440. The molecule has 0 aliphatic heterocycles. The van der Waals surface area contributed by atoms with Crippen LogP contribution in [0.4, 0.5) is 5.69 Å². The summed E-state index contributed by atoms with van der Waals surface area (Å²) in [6.07, 6.45) is 0. The standard InChI is InChI=1S/C22H15BrClN3O2/c1-13-25-19-5-3-2-4-17(19)22(29)27(13)16-9-6-14(7-10-16)21(28)26-20-11-8-15(23)12-18(20)24/h2-12H,1H3,(H,26,28). The highest BCUT2D eigenvalue weighted by atomic mass is 79.9. The molecule has 4 rings (SSSR count). The Kier molecular flexibility index (Phi) is 5.22. The number of aromatic nitrogens is 2. The van der Waals surface area contributed by atoms with E-state index in [-0.39, 0.29) is 11.5 Å². The largest absolute Gasteiger partial charge is 0.321 e. The Morgan fingerprint density at radius 1 is 1.07 bits per heavy atom. The van der Waals surface area contributed by atoms with Crippen molar-refractivity contribution in [1.82, 2.24) is 9.55 Å². The van der Waals surface area contributed by atoms with Crippen molar-refractivity contribution in [3.05, 3.63) is 98.0 Å². The number of anilines is 1. The van der Waals surface area contributed by atoms with Gasteiger partial charge in [-0.3, -0.25) is 14.2 Å². The van der Waals surface area contributed by atoms with Gasteiger partial charge in [0.1, 0.15) is 5.82 Å². The summed E-state index contributed by atoms with van der Waals surface area (Å²) in [6, 6.07) is 19.2. The van der Waals surface area contributed by atoms with Gasteiger partial charge in [0.2, 0.25) is 0 Å². The van der Waals surface area contributed by atoms with Crippen molar-refractivity contribution in [1.29, 1.82) is 0 Å². The lowest BCUT2D eigenvalue weighted by Gasteiger charge is -2.12. The second-order valence-electron chi connectivity index (χ2n) is 6.44. The molecule has 0 saturated carbocycles. The van der Waals surface area contributed by atoms with Gasteiger partial charge in [-0.15, -0.1) is 0 Å². The summed E-state index contributed by atoms with van der Waals surface area (Å²) in [4.78, 5) is 30.0. The normalized spacial score (nSPS) is 10.9. The molecule has 0 radical (unpaired) electrons. The predicted octanol–water partition coefficient (Wildman–Crippen LogP) is 5.36.